The van der Waals surface area contributed by atoms with Crippen molar-refractivity contribution < 1.29 is 0 Å². The van der Waals surface area contributed by atoms with Crippen molar-refractivity contribution in [3.8, 4) is 0 Å². The van der Waals surface area contributed by atoms with Crippen LogP contribution in [-0.4, -0.2) is 67.9 Å². The van der Waals surface area contributed by atoms with Gasteiger partial charge in [-0.1, -0.05) is 0 Å². The maximum absolute atomic E-state index is 3.06. The van der Waals surface area contributed by atoms with Crippen molar-refractivity contribution in [1.82, 2.24) is 46.2 Å². The van der Waals surface area contributed by atoms with E-state index in [-0.39, 0.29) is 37.2 Å². The highest BCUT2D eigenvalue weighted by molar-refractivity contribution is 6.66. The minimum Gasteiger partial charge on any atom is -0.378 e. The second-order valence-corrected chi connectivity index (χ2v) is 3.84. The van der Waals surface area contributed by atoms with Gasteiger partial charge in [0.25, 0.3) is 67.9 Å². The quantitative estimate of drug-likeness (QED) is 0.197. The minimum absolute atomic E-state index is 0. The molecule has 0 amide bonds. The molecule has 3 fully saturated rings. The molecule has 0 radical (unpaired) electrons. The van der Waals surface area contributed by atoms with Crippen LogP contribution in [0.25, 0.3) is 0 Å². The van der Waals surface area contributed by atoms with Crippen LogP contribution in [-0.2, 0) is 0 Å². The molecule has 3 aliphatic heterocycles. The monoisotopic (exact) mass is 351 g/mol. The first kappa shape index (κ1) is 27.0. The molecule has 0 aromatic rings. The lowest BCUT2D eigenvalue weighted by Crippen LogP contribution is -2.55. The van der Waals surface area contributed by atoms with E-state index >= 15 is 0 Å². The Hall–Kier alpha value is 1.09. The van der Waals surface area contributed by atoms with Crippen LogP contribution in [0.4, 0.5) is 0 Å². The van der Waals surface area contributed by atoms with Crippen LogP contribution in [0.15, 0.2) is 0 Å². The van der Waals surface area contributed by atoms with Gasteiger partial charge in [-0.05, 0) is 0 Å². The zero-order valence-corrected chi connectivity index (χ0v) is 14.5. The molecule has 21 heavy (non-hydrogen) atoms. The average Bonchev–Trinajstić information content (AvgIpc) is 2.54. The molecule has 114 valence electrons. The Morgan fingerprint density at radius 1 is 0.238 bits per heavy atom. The molecule has 0 aliphatic carbocycles. The lowest BCUT2D eigenvalue weighted by Gasteiger charge is -2.08. The van der Waals surface area contributed by atoms with Crippen LogP contribution in [0.2, 0.25) is 0 Å². The van der Waals surface area contributed by atoms with Gasteiger partial charge in [-0.25, -0.2) is 0 Å². The first-order chi connectivity index (χ1) is 9.00. The molecular weight excluding hydrogens is 330 g/mol. The summed E-state index contributed by atoms with van der Waals surface area (Å²) in [4.78, 5) is 0. The molecule has 3 heterocycles. The van der Waals surface area contributed by atoms with Crippen molar-refractivity contribution in [2.24, 2.45) is 0 Å². The fraction of sp³-hybridized carbons (Fsp3) is 0. The molecule has 3 aliphatic rings. The maximum atomic E-state index is 3.06. The summed E-state index contributed by atoms with van der Waals surface area (Å²) in [5.41, 5.74) is 0. The van der Waals surface area contributed by atoms with Gasteiger partial charge in [0.1, 0.15) is 0 Å². The third kappa shape index (κ3) is 21.1. The molecule has 0 aromatic heterocycles. The summed E-state index contributed by atoms with van der Waals surface area (Å²) in [5.74, 6) is 0. The zero-order valence-electron chi connectivity index (χ0n) is 12.1. The molecule has 0 atom stereocenters. The molecule has 0 saturated carbocycles. The number of nitrogens with one attached hydrogen (secondary N) is 9. The summed E-state index contributed by atoms with van der Waals surface area (Å²) < 4.78 is 0. The van der Waals surface area contributed by atoms with Crippen LogP contribution < -0.4 is 46.2 Å². The standard InChI is InChI=1S/3B3H6N3.3ClH/c3*1-4-2-6-3-5-1;;;/h3*1-6H;3*1H. The SMILES string of the molecule is B1NBNBN1.B1NBNBN1.B1NBNBN1.Cl.Cl.Cl. The minimum atomic E-state index is 0. The molecule has 0 spiro atoms. The Kier molecular flexibility index (Phi) is 30.0. The predicted molar refractivity (Wildman–Crippen MR) is 114 cm³/mol. The van der Waals surface area contributed by atoms with Gasteiger partial charge < -0.3 is 46.2 Å². The molecule has 9 nitrogen and oxygen atoms in total. The van der Waals surface area contributed by atoms with Gasteiger partial charge in [0.2, 0.25) is 0 Å². The summed E-state index contributed by atoms with van der Waals surface area (Å²) in [6.45, 7) is 0. The third-order valence-electron chi connectivity index (χ3n) is 2.25. The predicted octanol–water partition coefficient (Wildman–Crippen LogP) is -9.03. The van der Waals surface area contributed by atoms with Crippen LogP contribution >= 0.6 is 37.2 Å². The van der Waals surface area contributed by atoms with Crippen LogP contribution in [0.5, 0.6) is 0 Å². The second kappa shape index (κ2) is 23.4. The van der Waals surface area contributed by atoms with E-state index in [1.807, 2.05) is 0 Å². The van der Waals surface area contributed by atoms with Gasteiger partial charge in [-0.15, -0.1) is 37.2 Å². The van der Waals surface area contributed by atoms with Gasteiger partial charge in [-0.2, -0.15) is 0 Å². The summed E-state index contributed by atoms with van der Waals surface area (Å²) in [7, 11) is 8.44. The van der Waals surface area contributed by atoms with Crippen molar-refractivity contribution in [2.75, 3.05) is 0 Å². The Morgan fingerprint density at radius 2 is 0.333 bits per heavy atom. The highest BCUT2D eigenvalue weighted by Crippen LogP contribution is 1.48. The van der Waals surface area contributed by atoms with Gasteiger partial charge in [-0.3, -0.25) is 0 Å². The molecule has 0 unspecified atom stereocenters. The fourth-order valence-corrected chi connectivity index (χ4v) is 1.36. The van der Waals surface area contributed by atoms with Crippen molar-refractivity contribution in [3.05, 3.63) is 0 Å². The Morgan fingerprint density at radius 3 is 0.381 bits per heavy atom. The van der Waals surface area contributed by atoms with E-state index < -0.39 is 0 Å². The molecule has 0 aromatic carbocycles. The first-order valence-corrected chi connectivity index (χ1v) is 6.36. The Balaban J connectivity index is -0.000000216. The highest BCUT2D eigenvalue weighted by atomic mass is 35.5. The molecule has 3 saturated heterocycles. The lowest BCUT2D eigenvalue weighted by molar-refractivity contribution is 1.28. The van der Waals surface area contributed by atoms with Crippen molar-refractivity contribution in [1.29, 1.82) is 0 Å². The summed E-state index contributed by atoms with van der Waals surface area (Å²) in [6.07, 6.45) is 0. The van der Waals surface area contributed by atoms with Gasteiger partial charge in [0.05, 0.1) is 0 Å². The lowest BCUT2D eigenvalue weighted by atomic mass is 9.85. The highest BCUT2D eigenvalue weighted by Gasteiger charge is 1.98. The van der Waals surface area contributed by atoms with Gasteiger partial charge >= 0.3 is 0 Å². The molecular formula is H21B9Cl3N9. The van der Waals surface area contributed by atoms with E-state index in [9.17, 15) is 0 Å². The van der Waals surface area contributed by atoms with Crippen LogP contribution in [0.1, 0.15) is 0 Å². The summed E-state index contributed by atoms with van der Waals surface area (Å²) in [5, 5.41) is 27.6. The maximum Gasteiger partial charge on any atom is 0.265 e. The zero-order chi connectivity index (χ0) is 12.7. The Bertz CT molecular complexity index is 105. The van der Waals surface area contributed by atoms with E-state index in [2.05, 4.69) is 46.2 Å². The van der Waals surface area contributed by atoms with E-state index in [1.165, 1.54) is 0 Å². The van der Waals surface area contributed by atoms with Gasteiger partial charge in [0, 0.05) is 0 Å². The number of halogens is 3. The second-order valence-electron chi connectivity index (χ2n) is 3.84. The topological polar surface area (TPSA) is 108 Å². The number of hydrogen-bond acceptors (Lipinski definition) is 9. The molecule has 21 heteroatoms. The molecule has 0 bridgehead atoms. The van der Waals surface area contributed by atoms with Gasteiger partial charge in [0.15, 0.2) is 0 Å². The third-order valence-corrected chi connectivity index (χ3v) is 2.25. The van der Waals surface area contributed by atoms with Crippen molar-refractivity contribution >= 4 is 105 Å². The van der Waals surface area contributed by atoms with Crippen LogP contribution in [0.3, 0.4) is 0 Å². The number of hydrogen-bond donors (Lipinski definition) is 9. The Labute approximate surface area is 151 Å². The smallest absolute Gasteiger partial charge is 0.265 e. The summed E-state index contributed by atoms with van der Waals surface area (Å²) in [6, 6.07) is 0. The normalized spacial score (nSPS) is 17.1. The van der Waals surface area contributed by atoms with Crippen LogP contribution in [0, 0.1) is 0 Å². The van der Waals surface area contributed by atoms with Crippen molar-refractivity contribution in [3.63, 3.8) is 0 Å². The largest absolute Gasteiger partial charge is 0.378 e. The average molecular weight is 351 g/mol. The van der Waals surface area contributed by atoms with E-state index in [0.717, 1.165) is 67.9 Å². The first-order valence-electron chi connectivity index (χ1n) is 6.36. The number of rotatable bonds is 0. The fourth-order valence-electron chi connectivity index (χ4n) is 1.36. The van der Waals surface area contributed by atoms with Crippen molar-refractivity contribution in [2.45, 2.75) is 0 Å². The molecule has 3 rings (SSSR count). The van der Waals surface area contributed by atoms with E-state index in [0.29, 0.717) is 0 Å². The molecule has 9 N–H and O–H groups in total. The van der Waals surface area contributed by atoms with E-state index in [1.54, 1.807) is 0 Å². The van der Waals surface area contributed by atoms with E-state index in [4.69, 9.17) is 0 Å². The summed E-state index contributed by atoms with van der Waals surface area (Å²) >= 11 is 0.